The van der Waals surface area contributed by atoms with Crippen molar-refractivity contribution in [2.24, 2.45) is 13.0 Å². The summed E-state index contributed by atoms with van der Waals surface area (Å²) in [7, 11) is 1.92. The Balaban J connectivity index is 1.56. The molecule has 0 aromatic carbocycles. The lowest BCUT2D eigenvalue weighted by molar-refractivity contribution is -0.144. The highest BCUT2D eigenvalue weighted by Gasteiger charge is 2.33. The molecule has 6 heteroatoms. The maximum Gasteiger partial charge on any atom is 0.228 e. The summed E-state index contributed by atoms with van der Waals surface area (Å²) >= 11 is 0. The standard InChI is InChI=1S/C15H24N4O2/c1-12-14(4-3-9-21-12)15(20)19-7-5-18(6-8-19)13-10-16-17(2)11-13/h10-12,14H,3-9H2,1-2H3/t12-,14+/m1/s1. The van der Waals surface area contributed by atoms with Crippen LogP contribution in [0.5, 0.6) is 0 Å². The topological polar surface area (TPSA) is 50.6 Å². The molecule has 116 valence electrons. The molecule has 2 fully saturated rings. The van der Waals surface area contributed by atoms with Crippen LogP contribution in [0, 0.1) is 5.92 Å². The number of ether oxygens (including phenoxy) is 1. The van der Waals surface area contributed by atoms with Crippen molar-refractivity contribution in [3.8, 4) is 0 Å². The fourth-order valence-corrected chi connectivity index (χ4v) is 3.24. The number of aromatic nitrogens is 2. The van der Waals surface area contributed by atoms with Crippen LogP contribution >= 0.6 is 0 Å². The van der Waals surface area contributed by atoms with E-state index >= 15 is 0 Å². The number of aryl methyl sites for hydroxylation is 1. The van der Waals surface area contributed by atoms with Gasteiger partial charge in [-0.05, 0) is 19.8 Å². The second-order valence-corrected chi connectivity index (χ2v) is 6.01. The number of nitrogens with zero attached hydrogens (tertiary/aromatic N) is 4. The van der Waals surface area contributed by atoms with Crippen LogP contribution in [-0.2, 0) is 16.6 Å². The Bertz CT molecular complexity index is 494. The molecular weight excluding hydrogens is 268 g/mol. The summed E-state index contributed by atoms with van der Waals surface area (Å²) < 4.78 is 7.44. The van der Waals surface area contributed by atoms with Gasteiger partial charge >= 0.3 is 0 Å². The summed E-state index contributed by atoms with van der Waals surface area (Å²) in [5, 5.41) is 4.21. The normalized spacial score (nSPS) is 27.0. The number of carbonyl (C=O) groups is 1. The summed E-state index contributed by atoms with van der Waals surface area (Å²) in [5.74, 6) is 0.316. The van der Waals surface area contributed by atoms with Gasteiger partial charge in [0.1, 0.15) is 0 Å². The van der Waals surface area contributed by atoms with Gasteiger partial charge < -0.3 is 14.5 Å². The van der Waals surface area contributed by atoms with E-state index in [9.17, 15) is 4.79 Å². The van der Waals surface area contributed by atoms with Crippen molar-refractivity contribution >= 4 is 11.6 Å². The van der Waals surface area contributed by atoms with Crippen LogP contribution in [-0.4, -0.2) is 59.5 Å². The number of carbonyl (C=O) groups excluding carboxylic acids is 1. The minimum absolute atomic E-state index is 0.0451. The molecule has 0 bridgehead atoms. The predicted molar refractivity (Wildman–Crippen MR) is 80.1 cm³/mol. The van der Waals surface area contributed by atoms with Crippen LogP contribution in [0.1, 0.15) is 19.8 Å². The Morgan fingerprint density at radius 3 is 2.71 bits per heavy atom. The molecule has 21 heavy (non-hydrogen) atoms. The maximum absolute atomic E-state index is 12.6. The van der Waals surface area contributed by atoms with E-state index in [1.165, 1.54) is 0 Å². The van der Waals surface area contributed by atoms with E-state index in [0.29, 0.717) is 0 Å². The van der Waals surface area contributed by atoms with Gasteiger partial charge in [-0.2, -0.15) is 5.10 Å². The lowest BCUT2D eigenvalue weighted by atomic mass is 9.93. The lowest BCUT2D eigenvalue weighted by Gasteiger charge is -2.38. The van der Waals surface area contributed by atoms with Gasteiger partial charge in [0.15, 0.2) is 0 Å². The molecule has 1 aromatic heterocycles. The van der Waals surface area contributed by atoms with Crippen molar-refractivity contribution in [2.75, 3.05) is 37.7 Å². The average Bonchev–Trinajstić information content (AvgIpc) is 2.94. The molecule has 2 aliphatic heterocycles. The SMILES string of the molecule is C[C@H]1OCCC[C@@H]1C(=O)N1CCN(c2cnn(C)c2)CC1. The van der Waals surface area contributed by atoms with Crippen LogP contribution in [0.2, 0.25) is 0 Å². The zero-order chi connectivity index (χ0) is 14.8. The molecule has 2 aliphatic rings. The molecule has 2 saturated heterocycles. The van der Waals surface area contributed by atoms with Gasteiger partial charge in [-0.3, -0.25) is 9.48 Å². The zero-order valence-electron chi connectivity index (χ0n) is 12.9. The van der Waals surface area contributed by atoms with Crippen molar-refractivity contribution in [2.45, 2.75) is 25.9 Å². The zero-order valence-corrected chi connectivity index (χ0v) is 12.9. The fraction of sp³-hybridized carbons (Fsp3) is 0.733. The van der Waals surface area contributed by atoms with Crippen molar-refractivity contribution in [1.29, 1.82) is 0 Å². The molecule has 0 aliphatic carbocycles. The molecule has 3 heterocycles. The number of hydrogen-bond donors (Lipinski definition) is 0. The van der Waals surface area contributed by atoms with Crippen molar-refractivity contribution in [1.82, 2.24) is 14.7 Å². The van der Waals surface area contributed by atoms with E-state index in [0.717, 1.165) is 51.3 Å². The molecular formula is C15H24N4O2. The van der Waals surface area contributed by atoms with E-state index in [2.05, 4.69) is 10.00 Å². The minimum atomic E-state index is 0.0451. The second-order valence-electron chi connectivity index (χ2n) is 6.01. The van der Waals surface area contributed by atoms with E-state index in [-0.39, 0.29) is 17.9 Å². The second kappa shape index (κ2) is 6.05. The molecule has 3 rings (SSSR count). The number of rotatable bonds is 2. The number of amides is 1. The maximum atomic E-state index is 12.6. The van der Waals surface area contributed by atoms with Crippen LogP contribution in [0.4, 0.5) is 5.69 Å². The predicted octanol–water partition coefficient (Wildman–Crippen LogP) is 0.884. The van der Waals surface area contributed by atoms with Gasteiger partial charge in [-0.1, -0.05) is 0 Å². The van der Waals surface area contributed by atoms with Gasteiger partial charge in [0, 0.05) is 46.0 Å². The Morgan fingerprint density at radius 1 is 1.33 bits per heavy atom. The third-order valence-corrected chi connectivity index (χ3v) is 4.57. The quantitative estimate of drug-likeness (QED) is 0.812. The van der Waals surface area contributed by atoms with Gasteiger partial charge in [-0.25, -0.2) is 0 Å². The average molecular weight is 292 g/mol. The summed E-state index contributed by atoms with van der Waals surface area (Å²) in [6, 6.07) is 0. The summed E-state index contributed by atoms with van der Waals surface area (Å²) in [5.41, 5.74) is 1.14. The highest BCUT2D eigenvalue weighted by atomic mass is 16.5. The first-order chi connectivity index (χ1) is 10.1. The minimum Gasteiger partial charge on any atom is -0.378 e. The van der Waals surface area contributed by atoms with Crippen LogP contribution < -0.4 is 4.90 Å². The van der Waals surface area contributed by atoms with E-state index in [4.69, 9.17) is 4.74 Å². The smallest absolute Gasteiger partial charge is 0.228 e. The van der Waals surface area contributed by atoms with E-state index in [1.54, 1.807) is 0 Å². The van der Waals surface area contributed by atoms with Crippen molar-refractivity contribution < 1.29 is 9.53 Å². The van der Waals surface area contributed by atoms with E-state index < -0.39 is 0 Å². The van der Waals surface area contributed by atoms with Crippen molar-refractivity contribution in [3.63, 3.8) is 0 Å². The lowest BCUT2D eigenvalue weighted by Crippen LogP contribution is -2.52. The molecule has 0 N–H and O–H groups in total. The first kappa shape index (κ1) is 14.4. The summed E-state index contributed by atoms with van der Waals surface area (Å²) in [6.45, 7) is 6.14. The highest BCUT2D eigenvalue weighted by Crippen LogP contribution is 2.24. The Labute approximate surface area is 125 Å². The third-order valence-electron chi connectivity index (χ3n) is 4.57. The first-order valence-corrected chi connectivity index (χ1v) is 7.79. The van der Waals surface area contributed by atoms with Crippen LogP contribution in [0.15, 0.2) is 12.4 Å². The van der Waals surface area contributed by atoms with Gasteiger partial charge in [0.25, 0.3) is 0 Å². The Kier molecular flexibility index (Phi) is 4.14. The Morgan fingerprint density at radius 2 is 2.10 bits per heavy atom. The molecule has 1 amide bonds. The number of hydrogen-bond acceptors (Lipinski definition) is 4. The monoisotopic (exact) mass is 292 g/mol. The largest absolute Gasteiger partial charge is 0.378 e. The first-order valence-electron chi connectivity index (χ1n) is 7.79. The molecule has 6 nitrogen and oxygen atoms in total. The molecule has 1 aromatic rings. The summed E-state index contributed by atoms with van der Waals surface area (Å²) in [4.78, 5) is 16.9. The van der Waals surface area contributed by atoms with Gasteiger partial charge in [0.2, 0.25) is 5.91 Å². The Hall–Kier alpha value is -1.56. The third kappa shape index (κ3) is 3.05. The van der Waals surface area contributed by atoms with Gasteiger partial charge in [0.05, 0.1) is 23.9 Å². The summed E-state index contributed by atoms with van der Waals surface area (Å²) in [6.07, 6.45) is 5.92. The molecule has 0 saturated carbocycles. The van der Waals surface area contributed by atoms with Crippen LogP contribution in [0.3, 0.4) is 0 Å². The van der Waals surface area contributed by atoms with Crippen molar-refractivity contribution in [3.05, 3.63) is 12.4 Å². The van der Waals surface area contributed by atoms with Gasteiger partial charge in [-0.15, -0.1) is 0 Å². The molecule has 0 unspecified atom stereocenters. The fourth-order valence-electron chi connectivity index (χ4n) is 3.24. The van der Waals surface area contributed by atoms with Crippen LogP contribution in [0.25, 0.3) is 0 Å². The van der Waals surface area contributed by atoms with E-state index in [1.807, 2.05) is 35.9 Å². The highest BCUT2D eigenvalue weighted by molar-refractivity contribution is 5.79. The number of piperazine rings is 1. The number of anilines is 1. The molecule has 0 radical (unpaired) electrons. The molecule has 2 atom stereocenters. The molecule has 0 spiro atoms.